The van der Waals surface area contributed by atoms with Gasteiger partial charge in [0.15, 0.2) is 0 Å². The van der Waals surface area contributed by atoms with Gasteiger partial charge in [-0.15, -0.1) is 0 Å². The highest BCUT2D eigenvalue weighted by Crippen LogP contribution is 2.23. The summed E-state index contributed by atoms with van der Waals surface area (Å²) in [6.45, 7) is 4.81. The van der Waals surface area contributed by atoms with Crippen molar-refractivity contribution < 1.29 is 9.53 Å². The number of hydrogen-bond donors (Lipinski definition) is 2. The summed E-state index contributed by atoms with van der Waals surface area (Å²) in [6, 6.07) is 0.319. The first-order chi connectivity index (χ1) is 7.81. The van der Waals surface area contributed by atoms with Gasteiger partial charge < -0.3 is 15.4 Å². The largest absolute Gasteiger partial charge is 0.377 e. The predicted octanol–water partition coefficient (Wildman–Crippen LogP) is 0.670. The molecule has 0 aromatic carbocycles. The molecule has 2 fully saturated rings. The molecule has 2 aliphatic rings. The zero-order chi connectivity index (χ0) is 11.4. The molecule has 16 heavy (non-hydrogen) atoms. The highest BCUT2D eigenvalue weighted by molar-refractivity contribution is 5.79. The number of piperidine rings is 1. The molecule has 0 aliphatic carbocycles. The summed E-state index contributed by atoms with van der Waals surface area (Å²) < 4.78 is 5.55. The van der Waals surface area contributed by atoms with Crippen molar-refractivity contribution in [2.24, 2.45) is 5.92 Å². The van der Waals surface area contributed by atoms with Crippen LogP contribution >= 0.6 is 0 Å². The van der Waals surface area contributed by atoms with Gasteiger partial charge in [0.25, 0.3) is 0 Å². The van der Waals surface area contributed by atoms with E-state index >= 15 is 0 Å². The Kier molecular flexibility index (Phi) is 4.18. The van der Waals surface area contributed by atoms with Gasteiger partial charge in [-0.3, -0.25) is 4.79 Å². The van der Waals surface area contributed by atoms with Gasteiger partial charge in [0.2, 0.25) is 5.91 Å². The standard InChI is InChI=1S/C12H22N2O2/c1-2-11-10(5-7-16-11)12(15)14-9-4-3-6-13-8-9/h9-11,13H,2-8H2,1H3,(H,14,15)/t9-,10?,11?/m1/s1. The van der Waals surface area contributed by atoms with E-state index in [1.54, 1.807) is 0 Å². The monoisotopic (exact) mass is 226 g/mol. The average Bonchev–Trinajstić information content (AvgIpc) is 2.78. The van der Waals surface area contributed by atoms with E-state index in [0.717, 1.165) is 45.4 Å². The van der Waals surface area contributed by atoms with Gasteiger partial charge in [-0.25, -0.2) is 0 Å². The van der Waals surface area contributed by atoms with Crippen LogP contribution in [0.25, 0.3) is 0 Å². The molecular weight excluding hydrogens is 204 g/mol. The number of ether oxygens (including phenoxy) is 1. The van der Waals surface area contributed by atoms with E-state index in [2.05, 4.69) is 17.6 Å². The predicted molar refractivity (Wildman–Crippen MR) is 62.2 cm³/mol. The molecule has 0 aromatic rings. The van der Waals surface area contributed by atoms with Crippen LogP contribution < -0.4 is 10.6 Å². The van der Waals surface area contributed by atoms with Crippen LogP contribution in [0.4, 0.5) is 0 Å². The van der Waals surface area contributed by atoms with Gasteiger partial charge in [-0.05, 0) is 32.2 Å². The molecule has 2 heterocycles. The maximum absolute atomic E-state index is 12.1. The minimum absolute atomic E-state index is 0.0759. The minimum atomic E-state index is 0.0759. The maximum Gasteiger partial charge on any atom is 0.226 e. The van der Waals surface area contributed by atoms with E-state index in [1.165, 1.54) is 0 Å². The Balaban J connectivity index is 1.82. The van der Waals surface area contributed by atoms with Crippen LogP contribution in [-0.2, 0) is 9.53 Å². The van der Waals surface area contributed by atoms with Crippen LogP contribution in [0.1, 0.15) is 32.6 Å². The first-order valence-electron chi connectivity index (χ1n) is 6.44. The molecule has 2 N–H and O–H groups in total. The molecule has 0 aromatic heterocycles. The van der Waals surface area contributed by atoms with Gasteiger partial charge in [-0.2, -0.15) is 0 Å². The molecule has 2 unspecified atom stereocenters. The molecule has 0 saturated carbocycles. The minimum Gasteiger partial charge on any atom is -0.377 e. The van der Waals surface area contributed by atoms with Crippen LogP contribution in [0.2, 0.25) is 0 Å². The van der Waals surface area contributed by atoms with Crippen molar-refractivity contribution in [1.82, 2.24) is 10.6 Å². The highest BCUT2D eigenvalue weighted by Gasteiger charge is 2.33. The number of carbonyl (C=O) groups is 1. The second kappa shape index (κ2) is 5.64. The number of amides is 1. The Bertz CT molecular complexity index is 239. The fourth-order valence-electron chi connectivity index (χ4n) is 2.63. The Morgan fingerprint density at radius 2 is 2.38 bits per heavy atom. The average molecular weight is 226 g/mol. The summed E-state index contributed by atoms with van der Waals surface area (Å²) in [6.07, 6.45) is 4.20. The molecular formula is C12H22N2O2. The number of rotatable bonds is 3. The first-order valence-corrected chi connectivity index (χ1v) is 6.44. The SMILES string of the molecule is CCC1OCCC1C(=O)N[C@@H]1CCCNC1. The van der Waals surface area contributed by atoms with Crippen molar-refractivity contribution in [2.75, 3.05) is 19.7 Å². The molecule has 1 amide bonds. The van der Waals surface area contributed by atoms with E-state index < -0.39 is 0 Å². The molecule has 2 aliphatic heterocycles. The molecule has 2 rings (SSSR count). The highest BCUT2D eigenvalue weighted by atomic mass is 16.5. The van der Waals surface area contributed by atoms with E-state index in [-0.39, 0.29) is 17.9 Å². The molecule has 4 heteroatoms. The molecule has 0 bridgehead atoms. The van der Waals surface area contributed by atoms with Gasteiger partial charge >= 0.3 is 0 Å². The van der Waals surface area contributed by atoms with Crippen molar-refractivity contribution >= 4 is 5.91 Å². The van der Waals surface area contributed by atoms with Crippen molar-refractivity contribution in [1.29, 1.82) is 0 Å². The number of nitrogens with one attached hydrogen (secondary N) is 2. The quantitative estimate of drug-likeness (QED) is 0.743. The van der Waals surface area contributed by atoms with Crippen molar-refractivity contribution in [3.63, 3.8) is 0 Å². The zero-order valence-electron chi connectivity index (χ0n) is 10.00. The second-order valence-electron chi connectivity index (χ2n) is 4.76. The Morgan fingerprint density at radius 3 is 3.06 bits per heavy atom. The van der Waals surface area contributed by atoms with Gasteiger partial charge in [-0.1, -0.05) is 6.92 Å². The van der Waals surface area contributed by atoms with Gasteiger partial charge in [0.1, 0.15) is 0 Å². The van der Waals surface area contributed by atoms with Crippen molar-refractivity contribution in [3.8, 4) is 0 Å². The summed E-state index contributed by atoms with van der Waals surface area (Å²) in [7, 11) is 0. The second-order valence-corrected chi connectivity index (χ2v) is 4.76. The Morgan fingerprint density at radius 1 is 1.50 bits per heavy atom. The fraction of sp³-hybridized carbons (Fsp3) is 0.917. The molecule has 0 radical (unpaired) electrons. The Labute approximate surface area is 97.1 Å². The Hall–Kier alpha value is -0.610. The van der Waals surface area contributed by atoms with Crippen molar-refractivity contribution in [3.05, 3.63) is 0 Å². The lowest BCUT2D eigenvalue weighted by Crippen LogP contribution is -2.48. The summed E-state index contributed by atoms with van der Waals surface area (Å²) in [5, 5.41) is 6.45. The summed E-state index contributed by atoms with van der Waals surface area (Å²) in [5.74, 6) is 0.268. The lowest BCUT2D eigenvalue weighted by molar-refractivity contribution is -0.127. The lowest BCUT2D eigenvalue weighted by Gasteiger charge is -2.26. The normalized spacial score (nSPS) is 34.9. The van der Waals surface area contributed by atoms with E-state index in [9.17, 15) is 4.79 Å². The maximum atomic E-state index is 12.1. The smallest absolute Gasteiger partial charge is 0.226 e. The van der Waals surface area contributed by atoms with Gasteiger partial charge in [0.05, 0.1) is 12.0 Å². The molecule has 2 saturated heterocycles. The van der Waals surface area contributed by atoms with Crippen LogP contribution in [0, 0.1) is 5.92 Å². The fourth-order valence-corrected chi connectivity index (χ4v) is 2.63. The molecule has 0 spiro atoms. The number of carbonyl (C=O) groups excluding carboxylic acids is 1. The van der Waals surface area contributed by atoms with Crippen LogP contribution in [0.3, 0.4) is 0 Å². The van der Waals surface area contributed by atoms with Crippen LogP contribution in [-0.4, -0.2) is 37.7 Å². The van der Waals surface area contributed by atoms with Crippen molar-refractivity contribution in [2.45, 2.75) is 44.8 Å². The van der Waals surface area contributed by atoms with E-state index in [0.29, 0.717) is 6.04 Å². The first kappa shape index (κ1) is 11.9. The molecule has 3 atom stereocenters. The summed E-state index contributed by atoms with van der Waals surface area (Å²) in [5.41, 5.74) is 0. The van der Waals surface area contributed by atoms with E-state index in [4.69, 9.17) is 4.74 Å². The lowest BCUT2D eigenvalue weighted by atomic mass is 9.97. The zero-order valence-corrected chi connectivity index (χ0v) is 10.00. The summed E-state index contributed by atoms with van der Waals surface area (Å²) >= 11 is 0. The van der Waals surface area contributed by atoms with Crippen LogP contribution in [0.5, 0.6) is 0 Å². The molecule has 92 valence electrons. The summed E-state index contributed by atoms with van der Waals surface area (Å²) in [4.78, 5) is 12.1. The van der Waals surface area contributed by atoms with E-state index in [1.807, 2.05) is 0 Å². The topological polar surface area (TPSA) is 50.4 Å². The third-order valence-corrected chi connectivity index (χ3v) is 3.59. The third-order valence-electron chi connectivity index (χ3n) is 3.59. The van der Waals surface area contributed by atoms with Gasteiger partial charge in [0, 0.05) is 19.2 Å². The third kappa shape index (κ3) is 2.74. The molecule has 4 nitrogen and oxygen atoms in total. The number of hydrogen-bond acceptors (Lipinski definition) is 3. The van der Waals surface area contributed by atoms with Crippen LogP contribution in [0.15, 0.2) is 0 Å².